The van der Waals surface area contributed by atoms with Crippen LogP contribution >= 0.6 is 15.9 Å². The number of aromatic carboxylic acids is 1. The Balaban J connectivity index is 2.02. The number of rotatable bonds is 5. The van der Waals surface area contributed by atoms with Gasteiger partial charge in [-0.15, -0.1) is 0 Å². The monoisotopic (exact) mass is 379 g/mol. The Morgan fingerprint density at radius 3 is 2.39 bits per heavy atom. The number of hydrogen-bond donors (Lipinski definition) is 2. The largest absolute Gasteiger partial charge is 0.478 e. The Hall–Kier alpha value is -2.15. The van der Waals surface area contributed by atoms with Gasteiger partial charge in [-0.05, 0) is 54.0 Å². The van der Waals surface area contributed by atoms with E-state index < -0.39 is 5.97 Å². The second kappa shape index (κ2) is 6.95. The van der Waals surface area contributed by atoms with Crippen LogP contribution in [0.15, 0.2) is 28.7 Å². The second-order valence-electron chi connectivity index (χ2n) is 5.44. The summed E-state index contributed by atoms with van der Waals surface area (Å²) in [5.74, 6) is -1.41. The summed E-state index contributed by atoms with van der Waals surface area (Å²) in [7, 11) is 0. The van der Waals surface area contributed by atoms with Gasteiger partial charge in [0.1, 0.15) is 0 Å². The first-order valence-corrected chi connectivity index (χ1v) is 7.92. The number of nitrogens with zero attached hydrogens (tertiary/aromatic N) is 2. The third-order valence-corrected chi connectivity index (χ3v) is 4.73. The lowest BCUT2D eigenvalue weighted by atomic mass is 10.1. The van der Waals surface area contributed by atoms with Crippen molar-refractivity contribution in [3.8, 4) is 0 Å². The molecule has 0 aliphatic heterocycles. The standard InChI is InChI=1S/C16H18BrN3O3/c1-9(8-20-11(3)14(17)10(2)19-20)15(21)18-13-6-4-12(5-7-13)16(22)23/h4-7,9H,8H2,1-3H3,(H,18,21)(H,22,23)/t9-/m1/s1. The average molecular weight is 380 g/mol. The zero-order valence-corrected chi connectivity index (χ0v) is 14.7. The van der Waals surface area contributed by atoms with Crippen LogP contribution in [0.2, 0.25) is 0 Å². The van der Waals surface area contributed by atoms with Crippen molar-refractivity contribution in [2.24, 2.45) is 5.92 Å². The van der Waals surface area contributed by atoms with E-state index in [0.717, 1.165) is 15.9 Å². The predicted octanol–water partition coefficient (Wildman–Crippen LogP) is 3.24. The lowest BCUT2D eigenvalue weighted by Gasteiger charge is -2.13. The van der Waals surface area contributed by atoms with E-state index in [2.05, 4.69) is 26.3 Å². The topological polar surface area (TPSA) is 84.2 Å². The van der Waals surface area contributed by atoms with Crippen molar-refractivity contribution in [3.63, 3.8) is 0 Å². The van der Waals surface area contributed by atoms with E-state index in [1.54, 1.807) is 16.8 Å². The molecule has 7 heteroatoms. The molecule has 1 aromatic carbocycles. The van der Waals surface area contributed by atoms with Crippen LogP contribution in [0.5, 0.6) is 0 Å². The first-order chi connectivity index (χ1) is 10.8. The van der Waals surface area contributed by atoms with Crippen molar-refractivity contribution in [2.45, 2.75) is 27.3 Å². The summed E-state index contributed by atoms with van der Waals surface area (Å²) in [6, 6.07) is 6.07. The number of carbonyl (C=O) groups excluding carboxylic acids is 1. The lowest BCUT2D eigenvalue weighted by Crippen LogP contribution is -2.25. The number of hydrogen-bond acceptors (Lipinski definition) is 3. The molecular weight excluding hydrogens is 362 g/mol. The molecular formula is C16H18BrN3O3. The molecule has 0 aliphatic rings. The molecule has 0 aliphatic carbocycles. The van der Waals surface area contributed by atoms with Gasteiger partial charge in [0.2, 0.25) is 5.91 Å². The molecule has 23 heavy (non-hydrogen) atoms. The molecule has 2 aromatic rings. The van der Waals surface area contributed by atoms with Gasteiger partial charge in [0.05, 0.1) is 28.2 Å². The number of nitrogens with one attached hydrogen (secondary N) is 1. The van der Waals surface area contributed by atoms with Crippen LogP contribution in [0.1, 0.15) is 28.7 Å². The highest BCUT2D eigenvalue weighted by Crippen LogP contribution is 2.21. The smallest absolute Gasteiger partial charge is 0.335 e. The first-order valence-electron chi connectivity index (χ1n) is 7.13. The minimum Gasteiger partial charge on any atom is -0.478 e. The zero-order chi connectivity index (χ0) is 17.1. The Bertz CT molecular complexity index is 738. The van der Waals surface area contributed by atoms with Gasteiger partial charge in [0, 0.05) is 11.4 Å². The highest BCUT2D eigenvalue weighted by Gasteiger charge is 2.17. The lowest BCUT2D eigenvalue weighted by molar-refractivity contribution is -0.119. The highest BCUT2D eigenvalue weighted by atomic mass is 79.9. The van der Waals surface area contributed by atoms with Gasteiger partial charge in [-0.2, -0.15) is 5.10 Å². The molecule has 0 radical (unpaired) electrons. The predicted molar refractivity (Wildman–Crippen MR) is 90.6 cm³/mol. The van der Waals surface area contributed by atoms with Crippen molar-refractivity contribution in [2.75, 3.05) is 5.32 Å². The average Bonchev–Trinajstić information content (AvgIpc) is 2.75. The Morgan fingerprint density at radius 1 is 1.30 bits per heavy atom. The summed E-state index contributed by atoms with van der Waals surface area (Å²) in [4.78, 5) is 23.1. The molecule has 0 bridgehead atoms. The van der Waals surface area contributed by atoms with Crippen LogP contribution in [0.25, 0.3) is 0 Å². The molecule has 0 fully saturated rings. The van der Waals surface area contributed by atoms with Crippen molar-refractivity contribution >= 4 is 33.5 Å². The zero-order valence-electron chi connectivity index (χ0n) is 13.1. The van der Waals surface area contributed by atoms with Gasteiger partial charge in [-0.25, -0.2) is 4.79 Å². The number of aromatic nitrogens is 2. The van der Waals surface area contributed by atoms with Gasteiger partial charge < -0.3 is 10.4 Å². The molecule has 1 heterocycles. The fourth-order valence-electron chi connectivity index (χ4n) is 2.16. The van der Waals surface area contributed by atoms with Gasteiger partial charge in [-0.3, -0.25) is 9.48 Å². The number of halogens is 1. The van der Waals surface area contributed by atoms with E-state index >= 15 is 0 Å². The molecule has 1 atom stereocenters. The summed E-state index contributed by atoms with van der Waals surface area (Å²) in [6.07, 6.45) is 0. The number of carbonyl (C=O) groups is 2. The van der Waals surface area contributed by atoms with E-state index in [4.69, 9.17) is 5.11 Å². The minimum atomic E-state index is -0.994. The number of carboxylic acids is 1. The quantitative estimate of drug-likeness (QED) is 0.834. The van der Waals surface area contributed by atoms with E-state index in [1.807, 2.05) is 20.8 Å². The molecule has 2 N–H and O–H groups in total. The summed E-state index contributed by atoms with van der Waals surface area (Å²) < 4.78 is 2.76. The molecule has 0 spiro atoms. The molecule has 0 unspecified atom stereocenters. The second-order valence-corrected chi connectivity index (χ2v) is 6.23. The molecule has 0 saturated heterocycles. The van der Waals surface area contributed by atoms with E-state index in [0.29, 0.717) is 12.2 Å². The molecule has 1 amide bonds. The van der Waals surface area contributed by atoms with Gasteiger partial charge in [-0.1, -0.05) is 6.92 Å². The van der Waals surface area contributed by atoms with E-state index in [1.165, 1.54) is 12.1 Å². The van der Waals surface area contributed by atoms with Crippen LogP contribution in [0, 0.1) is 19.8 Å². The number of carboxylic acid groups (broad SMARTS) is 1. The molecule has 2 rings (SSSR count). The van der Waals surface area contributed by atoms with Crippen molar-refractivity contribution in [1.29, 1.82) is 0 Å². The fraction of sp³-hybridized carbons (Fsp3) is 0.312. The van der Waals surface area contributed by atoms with E-state index in [9.17, 15) is 9.59 Å². The van der Waals surface area contributed by atoms with Crippen molar-refractivity contribution in [3.05, 3.63) is 45.7 Å². The Morgan fingerprint density at radius 2 is 1.91 bits per heavy atom. The van der Waals surface area contributed by atoms with Gasteiger partial charge >= 0.3 is 5.97 Å². The van der Waals surface area contributed by atoms with Crippen molar-refractivity contribution in [1.82, 2.24) is 9.78 Å². The fourth-order valence-corrected chi connectivity index (χ4v) is 2.44. The van der Waals surface area contributed by atoms with Gasteiger partial charge in [0.15, 0.2) is 0 Å². The van der Waals surface area contributed by atoms with Crippen LogP contribution in [0.3, 0.4) is 0 Å². The summed E-state index contributed by atoms with van der Waals surface area (Å²) in [5, 5.41) is 16.0. The molecule has 1 aromatic heterocycles. The normalized spacial score (nSPS) is 12.0. The molecule has 6 nitrogen and oxygen atoms in total. The number of amides is 1. The summed E-state index contributed by atoms with van der Waals surface area (Å²) in [5.41, 5.74) is 2.62. The van der Waals surface area contributed by atoms with Crippen LogP contribution in [-0.2, 0) is 11.3 Å². The number of anilines is 1. The SMILES string of the molecule is Cc1nn(C[C@@H](C)C(=O)Nc2ccc(C(=O)O)cc2)c(C)c1Br. The number of aryl methyl sites for hydroxylation is 1. The van der Waals surface area contributed by atoms with Crippen LogP contribution in [0.4, 0.5) is 5.69 Å². The maximum atomic E-state index is 12.3. The van der Waals surface area contributed by atoms with Crippen LogP contribution in [-0.4, -0.2) is 26.8 Å². The van der Waals surface area contributed by atoms with Crippen molar-refractivity contribution < 1.29 is 14.7 Å². The van der Waals surface area contributed by atoms with Gasteiger partial charge in [0.25, 0.3) is 0 Å². The Kier molecular flexibility index (Phi) is 5.20. The summed E-state index contributed by atoms with van der Waals surface area (Å²) >= 11 is 3.47. The molecule has 0 saturated carbocycles. The molecule has 122 valence electrons. The maximum Gasteiger partial charge on any atom is 0.335 e. The maximum absolute atomic E-state index is 12.3. The van der Waals surface area contributed by atoms with Crippen LogP contribution < -0.4 is 5.32 Å². The third-order valence-electron chi connectivity index (χ3n) is 3.59. The summed E-state index contributed by atoms with van der Waals surface area (Å²) in [6.45, 7) is 6.14. The third kappa shape index (κ3) is 3.98. The highest BCUT2D eigenvalue weighted by molar-refractivity contribution is 9.10. The minimum absolute atomic E-state index is 0.142. The Labute approximate surface area is 142 Å². The first kappa shape index (κ1) is 17.2. The number of benzene rings is 1. The van der Waals surface area contributed by atoms with E-state index in [-0.39, 0.29) is 17.4 Å².